The largest absolute Gasteiger partial charge is 0.481 e. The highest BCUT2D eigenvalue weighted by atomic mass is 16.4. The monoisotopic (exact) mass is 256 g/mol. The molecule has 104 valence electrons. The normalized spacial score (nSPS) is 20.3. The van der Waals surface area contributed by atoms with Gasteiger partial charge in [0.25, 0.3) is 0 Å². The summed E-state index contributed by atoms with van der Waals surface area (Å²) in [5, 5.41) is 8.57. The van der Waals surface area contributed by atoms with Crippen LogP contribution in [0.5, 0.6) is 0 Å². The summed E-state index contributed by atoms with van der Waals surface area (Å²) < 4.78 is 0. The molecule has 5 heteroatoms. The van der Waals surface area contributed by atoms with Gasteiger partial charge in [-0.3, -0.25) is 4.79 Å². The minimum absolute atomic E-state index is 0.0366. The first-order valence-corrected chi connectivity index (χ1v) is 6.72. The van der Waals surface area contributed by atoms with E-state index in [0.29, 0.717) is 18.9 Å². The van der Waals surface area contributed by atoms with Crippen LogP contribution in [0.2, 0.25) is 0 Å². The second-order valence-electron chi connectivity index (χ2n) is 5.22. The van der Waals surface area contributed by atoms with Crippen molar-refractivity contribution in [2.75, 3.05) is 26.7 Å². The summed E-state index contributed by atoms with van der Waals surface area (Å²) in [6.07, 6.45) is 3.95. The molecule has 0 radical (unpaired) electrons. The topological polar surface area (TPSA) is 60.9 Å². The number of urea groups is 1. The molecule has 18 heavy (non-hydrogen) atoms. The first kappa shape index (κ1) is 14.8. The second-order valence-corrected chi connectivity index (χ2v) is 5.22. The number of likely N-dealkylation sites (tertiary alicyclic amines) is 1. The van der Waals surface area contributed by atoms with E-state index in [4.69, 9.17) is 5.11 Å². The lowest BCUT2D eigenvalue weighted by molar-refractivity contribution is -0.137. The third kappa shape index (κ3) is 4.94. The van der Waals surface area contributed by atoms with E-state index in [1.165, 1.54) is 6.42 Å². The summed E-state index contributed by atoms with van der Waals surface area (Å²) in [6, 6.07) is 0.0366. The molecule has 1 unspecified atom stereocenters. The van der Waals surface area contributed by atoms with Crippen molar-refractivity contribution in [2.45, 2.75) is 39.0 Å². The van der Waals surface area contributed by atoms with E-state index in [1.54, 1.807) is 11.9 Å². The maximum absolute atomic E-state index is 12.1. The molecular weight excluding hydrogens is 232 g/mol. The number of hydrogen-bond acceptors (Lipinski definition) is 2. The van der Waals surface area contributed by atoms with Crippen LogP contribution in [-0.2, 0) is 4.79 Å². The van der Waals surface area contributed by atoms with Crippen molar-refractivity contribution in [1.82, 2.24) is 9.80 Å². The molecule has 0 aliphatic carbocycles. The number of carbonyl (C=O) groups is 2. The molecule has 1 aliphatic heterocycles. The van der Waals surface area contributed by atoms with Crippen LogP contribution in [0.1, 0.15) is 39.0 Å². The zero-order chi connectivity index (χ0) is 13.5. The zero-order valence-electron chi connectivity index (χ0n) is 11.4. The van der Waals surface area contributed by atoms with E-state index in [1.807, 2.05) is 4.90 Å². The van der Waals surface area contributed by atoms with Gasteiger partial charge >= 0.3 is 12.0 Å². The summed E-state index contributed by atoms with van der Waals surface area (Å²) in [5.41, 5.74) is 0. The predicted molar refractivity (Wildman–Crippen MR) is 69.5 cm³/mol. The molecular formula is C13H24N2O3. The van der Waals surface area contributed by atoms with Crippen LogP contribution >= 0.6 is 0 Å². The minimum Gasteiger partial charge on any atom is -0.481 e. The summed E-state index contributed by atoms with van der Waals surface area (Å²) >= 11 is 0. The van der Waals surface area contributed by atoms with Gasteiger partial charge in [-0.1, -0.05) is 6.92 Å². The van der Waals surface area contributed by atoms with Gasteiger partial charge in [-0.2, -0.15) is 0 Å². The molecule has 0 saturated carbocycles. The Kier molecular flexibility index (Phi) is 5.95. The average molecular weight is 256 g/mol. The molecule has 1 atom stereocenters. The van der Waals surface area contributed by atoms with Crippen molar-refractivity contribution in [2.24, 2.45) is 5.92 Å². The number of amides is 2. The molecule has 0 spiro atoms. The molecule has 1 saturated heterocycles. The van der Waals surface area contributed by atoms with Gasteiger partial charge in [0.15, 0.2) is 0 Å². The highest BCUT2D eigenvalue weighted by Crippen LogP contribution is 2.17. The smallest absolute Gasteiger partial charge is 0.319 e. The molecule has 0 aromatic heterocycles. The van der Waals surface area contributed by atoms with Gasteiger partial charge in [0, 0.05) is 33.1 Å². The average Bonchev–Trinajstić information content (AvgIpc) is 2.52. The highest BCUT2D eigenvalue weighted by molar-refractivity contribution is 5.74. The number of carbonyl (C=O) groups excluding carboxylic acids is 1. The number of hydrogen-bond donors (Lipinski definition) is 1. The molecule has 1 aliphatic rings. The Morgan fingerprint density at radius 1 is 1.33 bits per heavy atom. The van der Waals surface area contributed by atoms with Gasteiger partial charge in [0.2, 0.25) is 0 Å². The van der Waals surface area contributed by atoms with Crippen molar-refractivity contribution in [1.29, 1.82) is 0 Å². The van der Waals surface area contributed by atoms with Crippen LogP contribution in [0.4, 0.5) is 4.79 Å². The Morgan fingerprint density at radius 2 is 2.06 bits per heavy atom. The molecule has 0 aromatic rings. The van der Waals surface area contributed by atoms with Crippen LogP contribution in [0.15, 0.2) is 0 Å². The Morgan fingerprint density at radius 3 is 2.72 bits per heavy atom. The molecule has 0 bridgehead atoms. The Hall–Kier alpha value is -1.26. The number of carboxylic acid groups (broad SMARTS) is 1. The van der Waals surface area contributed by atoms with E-state index >= 15 is 0 Å². The molecule has 1 heterocycles. The molecule has 2 amide bonds. The van der Waals surface area contributed by atoms with Crippen LogP contribution in [0.25, 0.3) is 0 Å². The third-order valence-electron chi connectivity index (χ3n) is 3.50. The first-order valence-electron chi connectivity index (χ1n) is 6.72. The van der Waals surface area contributed by atoms with Crippen LogP contribution in [0, 0.1) is 5.92 Å². The van der Waals surface area contributed by atoms with E-state index in [0.717, 1.165) is 25.9 Å². The quantitative estimate of drug-likeness (QED) is 0.837. The molecule has 1 N–H and O–H groups in total. The van der Waals surface area contributed by atoms with Crippen LogP contribution < -0.4 is 0 Å². The van der Waals surface area contributed by atoms with Gasteiger partial charge in [-0.25, -0.2) is 4.79 Å². The standard InChI is InChI=1S/C13H24N2O3/c1-11-5-3-9-15(10-7-11)13(18)14(2)8-4-6-12(16)17/h11H,3-10H2,1-2H3,(H,16,17). The Bertz CT molecular complexity index is 294. The lowest BCUT2D eigenvalue weighted by atomic mass is 10.0. The Balaban J connectivity index is 2.35. The van der Waals surface area contributed by atoms with Crippen molar-refractivity contribution in [3.63, 3.8) is 0 Å². The zero-order valence-corrected chi connectivity index (χ0v) is 11.4. The Labute approximate surface area is 109 Å². The lowest BCUT2D eigenvalue weighted by Crippen LogP contribution is -2.42. The van der Waals surface area contributed by atoms with Crippen molar-refractivity contribution < 1.29 is 14.7 Å². The number of rotatable bonds is 4. The summed E-state index contributed by atoms with van der Waals surface area (Å²) in [4.78, 5) is 26.1. The summed E-state index contributed by atoms with van der Waals surface area (Å²) in [5.74, 6) is -0.112. The van der Waals surface area contributed by atoms with Crippen LogP contribution in [-0.4, -0.2) is 53.6 Å². The van der Waals surface area contributed by atoms with Crippen molar-refractivity contribution >= 4 is 12.0 Å². The second kappa shape index (κ2) is 7.24. The summed E-state index contributed by atoms with van der Waals surface area (Å²) in [7, 11) is 1.75. The van der Waals surface area contributed by atoms with Crippen molar-refractivity contribution in [3.05, 3.63) is 0 Å². The number of aliphatic carboxylic acids is 1. The minimum atomic E-state index is -0.806. The fourth-order valence-corrected chi connectivity index (χ4v) is 2.26. The third-order valence-corrected chi connectivity index (χ3v) is 3.50. The SMILES string of the molecule is CC1CCCN(C(=O)N(C)CCCC(=O)O)CC1. The molecule has 1 rings (SSSR count). The molecule has 5 nitrogen and oxygen atoms in total. The maximum atomic E-state index is 12.1. The van der Waals surface area contributed by atoms with Crippen molar-refractivity contribution in [3.8, 4) is 0 Å². The fraction of sp³-hybridized carbons (Fsp3) is 0.846. The van der Waals surface area contributed by atoms with E-state index in [2.05, 4.69) is 6.92 Å². The number of carboxylic acids is 1. The van der Waals surface area contributed by atoms with E-state index in [-0.39, 0.29) is 12.5 Å². The van der Waals surface area contributed by atoms with Gasteiger partial charge < -0.3 is 14.9 Å². The van der Waals surface area contributed by atoms with Gasteiger partial charge in [0.05, 0.1) is 0 Å². The number of nitrogens with zero attached hydrogens (tertiary/aromatic N) is 2. The lowest BCUT2D eigenvalue weighted by Gasteiger charge is -2.27. The van der Waals surface area contributed by atoms with Crippen LogP contribution in [0.3, 0.4) is 0 Å². The van der Waals surface area contributed by atoms with Gasteiger partial charge in [-0.15, -0.1) is 0 Å². The molecule has 1 fully saturated rings. The first-order chi connectivity index (χ1) is 8.50. The van der Waals surface area contributed by atoms with E-state index in [9.17, 15) is 9.59 Å². The van der Waals surface area contributed by atoms with E-state index < -0.39 is 5.97 Å². The van der Waals surface area contributed by atoms with Gasteiger partial charge in [0.1, 0.15) is 0 Å². The highest BCUT2D eigenvalue weighted by Gasteiger charge is 2.21. The van der Waals surface area contributed by atoms with Gasteiger partial charge in [-0.05, 0) is 31.6 Å². The summed E-state index contributed by atoms with van der Waals surface area (Å²) in [6.45, 7) is 4.39. The molecule has 0 aromatic carbocycles. The fourth-order valence-electron chi connectivity index (χ4n) is 2.26. The predicted octanol–water partition coefficient (Wildman–Crippen LogP) is 2.03. The maximum Gasteiger partial charge on any atom is 0.319 e.